The summed E-state index contributed by atoms with van der Waals surface area (Å²) in [4.78, 5) is 0. The highest BCUT2D eigenvalue weighted by Gasteiger charge is 2.41. The molecule has 0 aliphatic carbocycles. The van der Waals surface area contributed by atoms with Gasteiger partial charge in [0.05, 0.1) is 34.3 Å². The maximum absolute atomic E-state index is 10.5. The summed E-state index contributed by atoms with van der Waals surface area (Å²) in [6, 6.07) is 66.1. The van der Waals surface area contributed by atoms with E-state index in [0.29, 0.717) is 11.1 Å². The summed E-state index contributed by atoms with van der Waals surface area (Å²) in [6.45, 7) is 0. The molecule has 0 amide bonds. The quantitative estimate of drug-likeness (QED) is 0.141. The lowest BCUT2D eigenvalue weighted by molar-refractivity contribution is 1.18. The highest BCUT2D eigenvalue weighted by Crippen LogP contribution is 2.34. The molecule has 0 fully saturated rings. The summed E-state index contributed by atoms with van der Waals surface area (Å²) in [5, 5.41) is 27.9. The number of hydrogen-bond donors (Lipinski definition) is 0. The van der Waals surface area contributed by atoms with Crippen LogP contribution in [0, 0.1) is 22.7 Å². The maximum Gasteiger partial charge on any atom is 0.179 e. The minimum atomic E-state index is -2.89. The van der Waals surface area contributed by atoms with Crippen LogP contribution in [-0.4, -0.2) is 12.6 Å². The molecule has 7 aromatic carbocycles. The molecule has 8 aromatic rings. The Morgan fingerprint density at radius 3 is 1.29 bits per heavy atom. The molecule has 0 radical (unpaired) electrons. The molecule has 0 aliphatic heterocycles. The Kier molecular flexibility index (Phi) is 7.27. The van der Waals surface area contributed by atoms with Crippen LogP contribution in [0.25, 0.3) is 38.6 Å². The zero-order valence-electron chi connectivity index (χ0n) is 26.1. The van der Waals surface area contributed by atoms with Gasteiger partial charge in [-0.05, 0) is 74.3 Å². The van der Waals surface area contributed by atoms with Crippen molar-refractivity contribution in [1.29, 1.82) is 10.5 Å². The number of aromatic nitrogens is 1. The number of benzene rings is 7. The Morgan fingerprint density at radius 2 is 0.812 bits per heavy atom. The van der Waals surface area contributed by atoms with Gasteiger partial charge in [0.2, 0.25) is 0 Å². The normalized spacial score (nSPS) is 11.3. The summed E-state index contributed by atoms with van der Waals surface area (Å²) in [5.41, 5.74) is 6.01. The fraction of sp³-hybridized carbons (Fsp3) is 0. The van der Waals surface area contributed by atoms with Crippen LogP contribution in [-0.2, 0) is 0 Å². The molecule has 0 unspecified atom stereocenters. The fourth-order valence-electron chi connectivity index (χ4n) is 7.31. The Morgan fingerprint density at radius 1 is 0.396 bits per heavy atom. The second-order valence-corrected chi connectivity index (χ2v) is 15.8. The molecule has 8 rings (SSSR count). The third kappa shape index (κ3) is 4.72. The van der Waals surface area contributed by atoms with Crippen molar-refractivity contribution in [1.82, 2.24) is 4.57 Å². The van der Waals surface area contributed by atoms with Crippen molar-refractivity contribution in [2.24, 2.45) is 0 Å². The molecular formula is C44H29N3Si. The molecule has 0 atom stereocenters. The van der Waals surface area contributed by atoms with Crippen molar-refractivity contribution in [3.8, 4) is 29.0 Å². The number of nitrogens with zero attached hydrogens (tertiary/aromatic N) is 3. The summed E-state index contributed by atoms with van der Waals surface area (Å²) < 4.78 is 2.24. The number of rotatable bonds is 6. The first-order valence-corrected chi connectivity index (χ1v) is 18.0. The number of para-hydroxylation sites is 2. The second-order valence-electron chi connectivity index (χ2n) is 12.0. The van der Waals surface area contributed by atoms with E-state index in [9.17, 15) is 10.5 Å². The summed E-state index contributed by atoms with van der Waals surface area (Å²) in [5.74, 6) is 0. The van der Waals surface area contributed by atoms with E-state index in [-0.39, 0.29) is 0 Å². The van der Waals surface area contributed by atoms with Crippen molar-refractivity contribution in [3.63, 3.8) is 0 Å². The van der Waals surface area contributed by atoms with Gasteiger partial charge in [-0.3, -0.25) is 0 Å². The van der Waals surface area contributed by atoms with Crippen LogP contribution >= 0.6 is 0 Å². The molecule has 0 saturated carbocycles. The van der Waals surface area contributed by atoms with Gasteiger partial charge in [-0.15, -0.1) is 0 Å². The van der Waals surface area contributed by atoms with Crippen LogP contribution in [0.5, 0.6) is 0 Å². The lowest BCUT2D eigenvalue weighted by Gasteiger charge is -2.34. The van der Waals surface area contributed by atoms with Crippen LogP contribution in [0.15, 0.2) is 176 Å². The molecule has 0 saturated heterocycles. The molecule has 0 aliphatic rings. The summed E-state index contributed by atoms with van der Waals surface area (Å²) in [6.07, 6.45) is 0. The van der Waals surface area contributed by atoms with E-state index in [1.165, 1.54) is 15.6 Å². The fourth-order valence-corrected chi connectivity index (χ4v) is 12.1. The summed E-state index contributed by atoms with van der Waals surface area (Å²) >= 11 is 0. The van der Waals surface area contributed by atoms with Gasteiger partial charge in [-0.25, -0.2) is 0 Å². The van der Waals surface area contributed by atoms with Gasteiger partial charge in [0.15, 0.2) is 8.07 Å². The highest BCUT2D eigenvalue weighted by atomic mass is 28.3. The minimum absolute atomic E-state index is 0.561. The predicted octanol–water partition coefficient (Wildman–Crippen LogP) is 7.57. The molecule has 0 N–H and O–H groups in total. The Bertz CT molecular complexity index is 2370. The van der Waals surface area contributed by atoms with E-state index in [1.54, 1.807) is 0 Å². The van der Waals surface area contributed by atoms with Gasteiger partial charge in [0, 0.05) is 16.5 Å². The standard InChI is InChI=1S/C44H29N3Si/c45-30-32-24-34(28-36(26-32)47-43-22-12-10-20-41(43)42-21-11-13-23-44(42)47)35-25-33(31-46)27-40(29-35)48(37-14-4-1-5-15-37,38-16-6-2-7-17-38)39-18-8-3-9-19-39/h1-29H. The molecule has 1 heterocycles. The smallest absolute Gasteiger partial charge is 0.179 e. The number of nitriles is 2. The van der Waals surface area contributed by atoms with E-state index >= 15 is 0 Å². The van der Waals surface area contributed by atoms with Crippen LogP contribution in [0.4, 0.5) is 0 Å². The molecule has 1 aromatic heterocycles. The van der Waals surface area contributed by atoms with Gasteiger partial charge in [-0.1, -0.05) is 133 Å². The van der Waals surface area contributed by atoms with Crippen molar-refractivity contribution in [2.75, 3.05) is 0 Å². The average molecular weight is 628 g/mol. The third-order valence-corrected chi connectivity index (χ3v) is 14.1. The average Bonchev–Trinajstić information content (AvgIpc) is 3.50. The number of hydrogen-bond acceptors (Lipinski definition) is 2. The molecule has 3 nitrogen and oxygen atoms in total. The molecular weight excluding hydrogens is 599 g/mol. The Hall–Kier alpha value is -6.46. The number of fused-ring (bicyclic) bond motifs is 3. The molecule has 4 heteroatoms. The largest absolute Gasteiger partial charge is 0.309 e. The van der Waals surface area contributed by atoms with E-state index in [2.05, 4.69) is 174 Å². The van der Waals surface area contributed by atoms with E-state index in [0.717, 1.165) is 43.8 Å². The lowest BCUT2D eigenvalue weighted by Crippen LogP contribution is -2.74. The van der Waals surface area contributed by atoms with Crippen molar-refractivity contribution < 1.29 is 0 Å². The van der Waals surface area contributed by atoms with Gasteiger partial charge in [0.1, 0.15) is 0 Å². The Labute approximate surface area is 280 Å². The van der Waals surface area contributed by atoms with E-state index in [4.69, 9.17) is 0 Å². The van der Waals surface area contributed by atoms with Crippen LogP contribution in [0.2, 0.25) is 0 Å². The minimum Gasteiger partial charge on any atom is -0.309 e. The SMILES string of the molecule is N#Cc1cc(-c2cc(C#N)cc([Si](c3ccccc3)(c3ccccc3)c3ccccc3)c2)cc(-n2c3ccccc3c3ccccc32)c1. The maximum atomic E-state index is 10.5. The first-order chi connectivity index (χ1) is 23.7. The molecule has 48 heavy (non-hydrogen) atoms. The predicted molar refractivity (Wildman–Crippen MR) is 199 cm³/mol. The van der Waals surface area contributed by atoms with Gasteiger partial charge in [0.25, 0.3) is 0 Å². The van der Waals surface area contributed by atoms with Gasteiger partial charge < -0.3 is 4.57 Å². The monoisotopic (exact) mass is 627 g/mol. The van der Waals surface area contributed by atoms with Crippen molar-refractivity contribution >= 4 is 50.6 Å². The second kappa shape index (κ2) is 12.0. The third-order valence-electron chi connectivity index (χ3n) is 9.33. The van der Waals surface area contributed by atoms with E-state index in [1.807, 2.05) is 18.2 Å². The van der Waals surface area contributed by atoms with Crippen LogP contribution in [0.1, 0.15) is 11.1 Å². The Balaban J connectivity index is 1.43. The molecule has 0 spiro atoms. The lowest BCUT2D eigenvalue weighted by atomic mass is 10.0. The van der Waals surface area contributed by atoms with Crippen LogP contribution in [0.3, 0.4) is 0 Å². The van der Waals surface area contributed by atoms with Gasteiger partial charge >= 0.3 is 0 Å². The first kappa shape index (κ1) is 29.0. The van der Waals surface area contributed by atoms with Gasteiger partial charge in [-0.2, -0.15) is 10.5 Å². The summed E-state index contributed by atoms with van der Waals surface area (Å²) in [7, 11) is -2.89. The van der Waals surface area contributed by atoms with Crippen molar-refractivity contribution in [3.05, 3.63) is 187 Å². The molecule has 224 valence electrons. The molecule has 0 bridgehead atoms. The zero-order valence-corrected chi connectivity index (χ0v) is 27.1. The van der Waals surface area contributed by atoms with Crippen LogP contribution < -0.4 is 20.7 Å². The first-order valence-electron chi connectivity index (χ1n) is 16.0. The van der Waals surface area contributed by atoms with Crippen molar-refractivity contribution in [2.45, 2.75) is 0 Å². The topological polar surface area (TPSA) is 52.5 Å². The highest BCUT2D eigenvalue weighted by molar-refractivity contribution is 7.19. The van der Waals surface area contributed by atoms with E-state index < -0.39 is 8.07 Å². The zero-order chi connectivity index (χ0) is 32.5.